The normalized spacial score (nSPS) is 11.3. The first-order valence-electron chi connectivity index (χ1n) is 12.2. The maximum atomic E-state index is 2.37. The van der Waals surface area contributed by atoms with Crippen LogP contribution in [0.5, 0.6) is 0 Å². The highest BCUT2D eigenvalue weighted by atomic mass is 32.1. The lowest BCUT2D eigenvalue weighted by Gasteiger charge is -2.26. The molecular formula is C34H23NS. The van der Waals surface area contributed by atoms with E-state index in [9.17, 15) is 0 Å². The summed E-state index contributed by atoms with van der Waals surface area (Å²) in [6, 6.07) is 50.3. The molecule has 1 nitrogen and oxygen atoms in total. The number of anilines is 3. The molecule has 0 radical (unpaired) electrons. The lowest BCUT2D eigenvalue weighted by atomic mass is 10.0. The third kappa shape index (κ3) is 3.64. The van der Waals surface area contributed by atoms with E-state index in [-0.39, 0.29) is 0 Å². The van der Waals surface area contributed by atoms with Crippen molar-refractivity contribution < 1.29 is 0 Å². The van der Waals surface area contributed by atoms with Gasteiger partial charge in [-0.25, -0.2) is 0 Å². The van der Waals surface area contributed by atoms with Crippen LogP contribution in [0, 0.1) is 0 Å². The van der Waals surface area contributed by atoms with E-state index in [0.717, 1.165) is 17.1 Å². The van der Waals surface area contributed by atoms with Gasteiger partial charge in [-0.1, -0.05) is 91.0 Å². The van der Waals surface area contributed by atoms with Crippen molar-refractivity contribution in [2.24, 2.45) is 0 Å². The molecule has 7 rings (SSSR count). The Morgan fingerprint density at radius 3 is 1.86 bits per heavy atom. The summed E-state index contributed by atoms with van der Waals surface area (Å²) < 4.78 is 2.65. The van der Waals surface area contributed by atoms with Crippen LogP contribution in [0.1, 0.15) is 0 Å². The van der Waals surface area contributed by atoms with Crippen LogP contribution in [0.2, 0.25) is 0 Å². The van der Waals surface area contributed by atoms with Crippen LogP contribution < -0.4 is 4.90 Å². The molecule has 0 bridgehead atoms. The SMILES string of the molecule is c1ccc(-c2ccc(N(c3ccc4ccccc4c3)c3ccc4sc5ccccc5c4c3)cc2)cc1. The van der Waals surface area contributed by atoms with E-state index in [2.05, 4.69) is 144 Å². The van der Waals surface area contributed by atoms with Gasteiger partial charge in [-0.05, 0) is 70.4 Å². The Bertz CT molecular complexity index is 1830. The molecule has 0 N–H and O–H groups in total. The van der Waals surface area contributed by atoms with Gasteiger partial charge in [-0.2, -0.15) is 0 Å². The van der Waals surface area contributed by atoms with Gasteiger partial charge >= 0.3 is 0 Å². The van der Waals surface area contributed by atoms with Crippen LogP contribution in [0.3, 0.4) is 0 Å². The molecule has 0 saturated carbocycles. The molecule has 1 aromatic heterocycles. The summed E-state index contributed by atoms with van der Waals surface area (Å²) in [6.45, 7) is 0. The molecule has 0 fully saturated rings. The summed E-state index contributed by atoms with van der Waals surface area (Å²) in [6.07, 6.45) is 0. The van der Waals surface area contributed by atoms with Gasteiger partial charge in [0.05, 0.1) is 0 Å². The Morgan fingerprint density at radius 2 is 1.00 bits per heavy atom. The fraction of sp³-hybridized carbons (Fsp3) is 0. The number of hydrogen-bond acceptors (Lipinski definition) is 2. The van der Waals surface area contributed by atoms with Gasteiger partial charge in [0, 0.05) is 37.2 Å². The fourth-order valence-corrected chi connectivity index (χ4v) is 6.14. The van der Waals surface area contributed by atoms with Crippen LogP contribution in [-0.4, -0.2) is 0 Å². The van der Waals surface area contributed by atoms with Crippen molar-refractivity contribution >= 4 is 59.3 Å². The molecular weight excluding hydrogens is 454 g/mol. The molecule has 0 spiro atoms. The van der Waals surface area contributed by atoms with Gasteiger partial charge in [0.1, 0.15) is 0 Å². The Hall–Kier alpha value is -4.40. The third-order valence-electron chi connectivity index (χ3n) is 6.84. The molecule has 36 heavy (non-hydrogen) atoms. The Labute approximate surface area is 214 Å². The lowest BCUT2D eigenvalue weighted by molar-refractivity contribution is 1.30. The highest BCUT2D eigenvalue weighted by Gasteiger charge is 2.15. The second kappa shape index (κ2) is 8.67. The predicted octanol–water partition coefficient (Wildman–Crippen LogP) is 10.3. The zero-order valence-electron chi connectivity index (χ0n) is 19.6. The third-order valence-corrected chi connectivity index (χ3v) is 7.99. The second-order valence-electron chi connectivity index (χ2n) is 9.06. The Balaban J connectivity index is 1.41. The molecule has 0 unspecified atom stereocenters. The van der Waals surface area contributed by atoms with Crippen molar-refractivity contribution in [2.75, 3.05) is 4.90 Å². The van der Waals surface area contributed by atoms with E-state index in [1.165, 1.54) is 42.1 Å². The predicted molar refractivity (Wildman–Crippen MR) is 157 cm³/mol. The largest absolute Gasteiger partial charge is 0.310 e. The van der Waals surface area contributed by atoms with Gasteiger partial charge in [-0.15, -0.1) is 11.3 Å². The minimum Gasteiger partial charge on any atom is -0.310 e. The molecule has 0 atom stereocenters. The summed E-state index contributed by atoms with van der Waals surface area (Å²) in [5.74, 6) is 0. The van der Waals surface area contributed by atoms with Crippen LogP contribution in [0.4, 0.5) is 17.1 Å². The van der Waals surface area contributed by atoms with E-state index >= 15 is 0 Å². The van der Waals surface area contributed by atoms with Crippen molar-refractivity contribution in [2.45, 2.75) is 0 Å². The highest BCUT2D eigenvalue weighted by molar-refractivity contribution is 7.25. The average molecular weight is 478 g/mol. The summed E-state index contributed by atoms with van der Waals surface area (Å²) in [7, 11) is 0. The van der Waals surface area contributed by atoms with Gasteiger partial charge in [0.25, 0.3) is 0 Å². The number of rotatable bonds is 4. The van der Waals surface area contributed by atoms with Crippen LogP contribution in [0.25, 0.3) is 42.1 Å². The monoisotopic (exact) mass is 477 g/mol. The van der Waals surface area contributed by atoms with E-state index in [4.69, 9.17) is 0 Å². The molecule has 2 heteroatoms. The second-order valence-corrected chi connectivity index (χ2v) is 10.1. The number of hydrogen-bond donors (Lipinski definition) is 0. The molecule has 0 aliphatic carbocycles. The molecule has 6 aromatic carbocycles. The standard InChI is InChI=1S/C34H23NS/c1-2-8-24(9-3-1)26-14-17-28(18-15-26)35(29-19-16-25-10-4-5-11-27(25)22-29)30-20-21-34-32(23-30)31-12-6-7-13-33(31)36-34/h1-23H. The van der Waals surface area contributed by atoms with Crippen LogP contribution in [-0.2, 0) is 0 Å². The summed E-state index contributed by atoms with van der Waals surface area (Å²) in [5, 5.41) is 5.11. The topological polar surface area (TPSA) is 3.24 Å². The first kappa shape index (κ1) is 20.9. The summed E-state index contributed by atoms with van der Waals surface area (Å²) in [4.78, 5) is 2.37. The van der Waals surface area contributed by atoms with E-state index < -0.39 is 0 Å². The molecule has 1 heterocycles. The minimum atomic E-state index is 1.14. The van der Waals surface area contributed by atoms with E-state index in [0.29, 0.717) is 0 Å². The quantitative estimate of drug-likeness (QED) is 0.244. The van der Waals surface area contributed by atoms with Crippen molar-refractivity contribution in [1.29, 1.82) is 0 Å². The zero-order chi connectivity index (χ0) is 23.9. The van der Waals surface area contributed by atoms with Gasteiger partial charge in [-0.3, -0.25) is 0 Å². The molecule has 0 aliphatic rings. The van der Waals surface area contributed by atoms with Gasteiger partial charge in [0.2, 0.25) is 0 Å². The Kier molecular flexibility index (Phi) is 5.04. The van der Waals surface area contributed by atoms with Crippen molar-refractivity contribution in [3.8, 4) is 11.1 Å². The van der Waals surface area contributed by atoms with Gasteiger partial charge < -0.3 is 4.90 Å². The molecule has 7 aromatic rings. The van der Waals surface area contributed by atoms with E-state index in [1.807, 2.05) is 11.3 Å². The van der Waals surface area contributed by atoms with E-state index in [1.54, 1.807) is 0 Å². The van der Waals surface area contributed by atoms with Crippen molar-refractivity contribution in [3.63, 3.8) is 0 Å². The smallest absolute Gasteiger partial charge is 0.0468 e. The number of thiophene rings is 1. The Morgan fingerprint density at radius 1 is 0.389 bits per heavy atom. The molecule has 0 aliphatic heterocycles. The highest BCUT2D eigenvalue weighted by Crippen LogP contribution is 2.41. The maximum Gasteiger partial charge on any atom is 0.0468 e. The van der Waals surface area contributed by atoms with Crippen molar-refractivity contribution in [3.05, 3.63) is 140 Å². The number of fused-ring (bicyclic) bond motifs is 4. The van der Waals surface area contributed by atoms with Crippen LogP contribution in [0.15, 0.2) is 140 Å². The van der Waals surface area contributed by atoms with Crippen molar-refractivity contribution in [1.82, 2.24) is 0 Å². The molecule has 0 saturated heterocycles. The number of benzene rings is 6. The van der Waals surface area contributed by atoms with Crippen LogP contribution >= 0.6 is 11.3 Å². The zero-order valence-corrected chi connectivity index (χ0v) is 20.5. The average Bonchev–Trinajstić information content (AvgIpc) is 3.32. The molecule has 170 valence electrons. The molecule has 0 amide bonds. The lowest BCUT2D eigenvalue weighted by Crippen LogP contribution is -2.09. The van der Waals surface area contributed by atoms with Gasteiger partial charge in [0.15, 0.2) is 0 Å². The number of nitrogens with zero attached hydrogens (tertiary/aromatic N) is 1. The summed E-state index contributed by atoms with van der Waals surface area (Å²) >= 11 is 1.86. The first-order chi connectivity index (χ1) is 17.8. The minimum absolute atomic E-state index is 1.14. The fourth-order valence-electron chi connectivity index (χ4n) is 5.05. The maximum absolute atomic E-state index is 2.37. The first-order valence-corrected chi connectivity index (χ1v) is 13.0. The summed E-state index contributed by atoms with van der Waals surface area (Å²) in [5.41, 5.74) is 5.90.